The van der Waals surface area contributed by atoms with Crippen molar-refractivity contribution in [1.82, 2.24) is 9.80 Å². The number of rotatable bonds is 1. The van der Waals surface area contributed by atoms with Crippen molar-refractivity contribution in [2.24, 2.45) is 0 Å². The molecule has 1 aromatic carbocycles. The Balaban J connectivity index is 1.56. The predicted octanol–water partition coefficient (Wildman–Crippen LogP) is 3.03. The van der Waals surface area contributed by atoms with Crippen LogP contribution in [0.1, 0.15) is 44.7 Å². The number of piperidine rings is 1. The largest absolute Gasteiger partial charge is 0.444 e. The summed E-state index contributed by atoms with van der Waals surface area (Å²) in [6, 6.07) is 6.75. The van der Waals surface area contributed by atoms with Gasteiger partial charge in [-0.1, -0.05) is 12.1 Å². The maximum absolute atomic E-state index is 12.2. The van der Waals surface area contributed by atoms with Crippen molar-refractivity contribution in [3.8, 4) is 0 Å². The molecule has 0 bridgehead atoms. The summed E-state index contributed by atoms with van der Waals surface area (Å²) in [5, 5.41) is 0. The van der Waals surface area contributed by atoms with Crippen LogP contribution in [0.3, 0.4) is 0 Å². The van der Waals surface area contributed by atoms with Crippen molar-refractivity contribution in [3.05, 3.63) is 29.3 Å². The van der Waals surface area contributed by atoms with Crippen LogP contribution in [0.25, 0.3) is 0 Å². The molecule has 0 saturated carbocycles. The number of amides is 1. The minimum absolute atomic E-state index is 0.186. The number of carbonyl (C=O) groups excluding carboxylic acids is 1. The molecule has 2 heterocycles. The van der Waals surface area contributed by atoms with E-state index in [1.54, 1.807) is 0 Å². The van der Waals surface area contributed by atoms with Gasteiger partial charge in [-0.05, 0) is 57.2 Å². The van der Waals surface area contributed by atoms with Gasteiger partial charge in [0.2, 0.25) is 0 Å². The van der Waals surface area contributed by atoms with Gasteiger partial charge in [0.15, 0.2) is 0 Å². The Bertz CT molecular complexity index is 601. The van der Waals surface area contributed by atoms with Gasteiger partial charge >= 0.3 is 6.09 Å². The molecule has 24 heavy (non-hydrogen) atoms. The number of nitrogens with zero attached hydrogens (tertiary/aromatic N) is 2. The van der Waals surface area contributed by atoms with E-state index in [2.05, 4.69) is 11.0 Å². The number of hydrogen-bond donors (Lipinski definition) is 1. The molecular weight excluding hydrogens is 302 g/mol. The molecule has 1 fully saturated rings. The monoisotopic (exact) mass is 331 g/mol. The van der Waals surface area contributed by atoms with Crippen LogP contribution in [0, 0.1) is 0 Å². The molecule has 5 heteroatoms. The average Bonchev–Trinajstić information content (AvgIpc) is 2.53. The number of anilines is 1. The summed E-state index contributed by atoms with van der Waals surface area (Å²) in [7, 11) is 0. The topological polar surface area (TPSA) is 58.8 Å². The van der Waals surface area contributed by atoms with Crippen LogP contribution in [-0.2, 0) is 17.7 Å². The van der Waals surface area contributed by atoms with Gasteiger partial charge in [0, 0.05) is 37.9 Å². The molecule has 0 aromatic heterocycles. The lowest BCUT2D eigenvalue weighted by Crippen LogP contribution is -2.49. The Morgan fingerprint density at radius 2 is 1.92 bits per heavy atom. The number of carbonyl (C=O) groups is 1. The fourth-order valence-corrected chi connectivity index (χ4v) is 3.68. The molecule has 2 aliphatic rings. The zero-order valence-electron chi connectivity index (χ0n) is 15.0. The SMILES string of the molecule is CC(C)(C)OC(=O)N1CCC(N2CCc3cccc(N)c3C2)CC1. The first-order valence-corrected chi connectivity index (χ1v) is 8.92. The summed E-state index contributed by atoms with van der Waals surface area (Å²) in [6.07, 6.45) is 2.88. The van der Waals surface area contributed by atoms with Crippen LogP contribution < -0.4 is 5.73 Å². The number of likely N-dealkylation sites (tertiary alicyclic amines) is 1. The second-order valence-electron chi connectivity index (χ2n) is 7.90. The third-order valence-electron chi connectivity index (χ3n) is 4.97. The lowest BCUT2D eigenvalue weighted by molar-refractivity contribution is 0.0134. The van der Waals surface area contributed by atoms with Gasteiger partial charge in [-0.25, -0.2) is 4.79 Å². The maximum atomic E-state index is 12.2. The Morgan fingerprint density at radius 1 is 1.21 bits per heavy atom. The first-order chi connectivity index (χ1) is 11.3. The molecule has 3 rings (SSSR count). The minimum atomic E-state index is -0.429. The van der Waals surface area contributed by atoms with Gasteiger partial charge < -0.3 is 15.4 Å². The molecule has 1 saturated heterocycles. The van der Waals surface area contributed by atoms with E-state index in [1.165, 1.54) is 11.1 Å². The predicted molar refractivity (Wildman–Crippen MR) is 95.8 cm³/mol. The molecule has 0 unspecified atom stereocenters. The molecule has 0 aliphatic carbocycles. The van der Waals surface area contributed by atoms with Crippen LogP contribution >= 0.6 is 0 Å². The number of nitrogens with two attached hydrogens (primary N) is 1. The molecule has 1 aromatic rings. The Hall–Kier alpha value is -1.75. The number of hydrogen-bond acceptors (Lipinski definition) is 4. The van der Waals surface area contributed by atoms with Gasteiger partial charge in [-0.3, -0.25) is 4.90 Å². The molecule has 2 N–H and O–H groups in total. The molecular formula is C19H29N3O2. The van der Waals surface area contributed by atoms with Crippen molar-refractivity contribution < 1.29 is 9.53 Å². The van der Waals surface area contributed by atoms with E-state index in [0.29, 0.717) is 6.04 Å². The molecule has 1 amide bonds. The number of ether oxygens (including phenoxy) is 1. The second-order valence-corrected chi connectivity index (χ2v) is 7.90. The van der Waals surface area contributed by atoms with Crippen LogP contribution in [0.15, 0.2) is 18.2 Å². The summed E-state index contributed by atoms with van der Waals surface area (Å²) >= 11 is 0. The van der Waals surface area contributed by atoms with Gasteiger partial charge in [-0.2, -0.15) is 0 Å². The van der Waals surface area contributed by atoms with E-state index in [1.807, 2.05) is 37.8 Å². The highest BCUT2D eigenvalue weighted by Crippen LogP contribution is 2.28. The molecule has 0 atom stereocenters. The molecule has 0 radical (unpaired) electrons. The number of benzene rings is 1. The third-order valence-corrected chi connectivity index (χ3v) is 4.97. The van der Waals surface area contributed by atoms with Gasteiger partial charge in [-0.15, -0.1) is 0 Å². The zero-order valence-corrected chi connectivity index (χ0v) is 15.0. The average molecular weight is 331 g/mol. The smallest absolute Gasteiger partial charge is 0.410 e. The first kappa shape index (κ1) is 17.1. The highest BCUT2D eigenvalue weighted by molar-refractivity contribution is 5.68. The van der Waals surface area contributed by atoms with Gasteiger partial charge in [0.05, 0.1) is 0 Å². The highest BCUT2D eigenvalue weighted by atomic mass is 16.6. The van der Waals surface area contributed by atoms with E-state index in [-0.39, 0.29) is 6.09 Å². The quantitative estimate of drug-likeness (QED) is 0.804. The maximum Gasteiger partial charge on any atom is 0.410 e. The van der Waals surface area contributed by atoms with E-state index >= 15 is 0 Å². The lowest BCUT2D eigenvalue weighted by atomic mass is 9.94. The lowest BCUT2D eigenvalue weighted by Gasteiger charge is -2.41. The highest BCUT2D eigenvalue weighted by Gasteiger charge is 2.31. The third kappa shape index (κ3) is 3.83. The molecule has 2 aliphatic heterocycles. The zero-order chi connectivity index (χ0) is 17.3. The van der Waals surface area contributed by atoms with E-state index < -0.39 is 5.60 Å². The Morgan fingerprint density at radius 3 is 2.58 bits per heavy atom. The molecule has 132 valence electrons. The summed E-state index contributed by atoms with van der Waals surface area (Å²) in [6.45, 7) is 9.28. The van der Waals surface area contributed by atoms with Crippen LogP contribution in [0.2, 0.25) is 0 Å². The fourth-order valence-electron chi connectivity index (χ4n) is 3.68. The van der Waals surface area contributed by atoms with Crippen LogP contribution in [-0.4, -0.2) is 47.2 Å². The van der Waals surface area contributed by atoms with Crippen molar-refractivity contribution in [1.29, 1.82) is 0 Å². The van der Waals surface area contributed by atoms with Crippen molar-refractivity contribution in [2.75, 3.05) is 25.4 Å². The summed E-state index contributed by atoms with van der Waals surface area (Å²) in [4.78, 5) is 16.6. The first-order valence-electron chi connectivity index (χ1n) is 8.92. The van der Waals surface area contributed by atoms with E-state index in [4.69, 9.17) is 10.5 Å². The second kappa shape index (κ2) is 6.63. The summed E-state index contributed by atoms with van der Waals surface area (Å²) < 4.78 is 5.48. The van der Waals surface area contributed by atoms with Crippen molar-refractivity contribution in [3.63, 3.8) is 0 Å². The van der Waals surface area contributed by atoms with Crippen molar-refractivity contribution in [2.45, 2.75) is 58.2 Å². The Kier molecular flexibility index (Phi) is 4.72. The summed E-state index contributed by atoms with van der Waals surface area (Å²) in [5.74, 6) is 0. The number of fused-ring (bicyclic) bond motifs is 1. The van der Waals surface area contributed by atoms with Crippen LogP contribution in [0.4, 0.5) is 10.5 Å². The standard InChI is InChI=1S/C19H29N3O2/c1-19(2,3)24-18(23)21-11-8-15(9-12-21)22-10-7-14-5-4-6-17(20)16(14)13-22/h4-6,15H,7-13,20H2,1-3H3. The summed E-state index contributed by atoms with van der Waals surface area (Å²) in [5.41, 5.74) is 9.31. The van der Waals surface area contributed by atoms with Crippen molar-refractivity contribution >= 4 is 11.8 Å². The molecule has 0 spiro atoms. The Labute approximate surface area is 144 Å². The molecule has 5 nitrogen and oxygen atoms in total. The fraction of sp³-hybridized carbons (Fsp3) is 0.632. The van der Waals surface area contributed by atoms with Crippen LogP contribution in [0.5, 0.6) is 0 Å². The van der Waals surface area contributed by atoms with Gasteiger partial charge in [0.25, 0.3) is 0 Å². The number of nitrogen functional groups attached to an aromatic ring is 1. The van der Waals surface area contributed by atoms with Gasteiger partial charge in [0.1, 0.15) is 5.60 Å². The minimum Gasteiger partial charge on any atom is -0.444 e. The van der Waals surface area contributed by atoms with E-state index in [9.17, 15) is 4.79 Å². The van der Waals surface area contributed by atoms with E-state index in [0.717, 1.165) is 51.1 Å². The normalized spacial score (nSPS) is 19.9.